The highest BCUT2D eigenvalue weighted by Crippen LogP contribution is 2.41. The lowest BCUT2D eigenvalue weighted by Crippen LogP contribution is -2.31. The van der Waals surface area contributed by atoms with Gasteiger partial charge in [-0.05, 0) is 36.2 Å². The van der Waals surface area contributed by atoms with E-state index >= 15 is 0 Å². The third-order valence-corrected chi connectivity index (χ3v) is 5.41. The molecule has 0 radical (unpaired) electrons. The number of benzene rings is 2. The van der Waals surface area contributed by atoms with Crippen LogP contribution in [0.1, 0.15) is 30.5 Å². The van der Waals surface area contributed by atoms with Crippen molar-refractivity contribution in [3.63, 3.8) is 0 Å². The molecule has 1 unspecified atom stereocenters. The van der Waals surface area contributed by atoms with Crippen LogP contribution in [0.3, 0.4) is 0 Å². The summed E-state index contributed by atoms with van der Waals surface area (Å²) in [6.45, 7) is 1.93. The highest BCUT2D eigenvalue weighted by molar-refractivity contribution is 6.46. The van der Waals surface area contributed by atoms with Gasteiger partial charge in [0.2, 0.25) is 0 Å². The maximum Gasteiger partial charge on any atom is 0.308 e. The van der Waals surface area contributed by atoms with Crippen molar-refractivity contribution in [1.82, 2.24) is 4.90 Å². The third-order valence-electron chi connectivity index (χ3n) is 5.41. The number of hydrogen-bond acceptors (Lipinski definition) is 8. The number of hydrogen-bond donors (Lipinski definition) is 1. The molecule has 3 rings (SSSR count). The van der Waals surface area contributed by atoms with Crippen LogP contribution in [0.2, 0.25) is 0 Å². The number of rotatable bonds is 9. The van der Waals surface area contributed by atoms with Crippen molar-refractivity contribution >= 4 is 23.4 Å². The molecule has 9 nitrogen and oxygen atoms in total. The fourth-order valence-corrected chi connectivity index (χ4v) is 3.86. The summed E-state index contributed by atoms with van der Waals surface area (Å²) in [5.41, 5.74) is 0.757. The number of esters is 1. The summed E-state index contributed by atoms with van der Waals surface area (Å²) in [6.07, 6.45) is 0.497. The summed E-state index contributed by atoms with van der Waals surface area (Å²) in [5, 5.41) is 11.2. The summed E-state index contributed by atoms with van der Waals surface area (Å²) in [6, 6.07) is 10.3. The van der Waals surface area contributed by atoms with Crippen LogP contribution in [0.5, 0.6) is 17.2 Å². The first-order valence-electron chi connectivity index (χ1n) is 10.6. The number of Topliss-reactive ketones (excluding diaryl/α,β-unsaturated/α-hetero) is 1. The Balaban J connectivity index is 2.13. The summed E-state index contributed by atoms with van der Waals surface area (Å²) >= 11 is 0. The molecule has 34 heavy (non-hydrogen) atoms. The molecule has 1 aliphatic heterocycles. The molecule has 0 aromatic heterocycles. The van der Waals surface area contributed by atoms with Crippen LogP contribution in [-0.4, -0.2) is 62.1 Å². The molecule has 1 saturated heterocycles. The Morgan fingerprint density at radius 3 is 2.26 bits per heavy atom. The highest BCUT2D eigenvalue weighted by atomic mass is 16.5. The Morgan fingerprint density at radius 1 is 1.00 bits per heavy atom. The van der Waals surface area contributed by atoms with Gasteiger partial charge in [-0.1, -0.05) is 12.1 Å². The molecule has 1 fully saturated rings. The van der Waals surface area contributed by atoms with Gasteiger partial charge in [-0.2, -0.15) is 0 Å². The lowest BCUT2D eigenvalue weighted by atomic mass is 9.95. The zero-order chi connectivity index (χ0) is 24.8. The number of aliphatic hydroxyl groups excluding tert-OH is 1. The van der Waals surface area contributed by atoms with Gasteiger partial charge < -0.3 is 29.0 Å². The second kappa shape index (κ2) is 10.8. The molecule has 0 aliphatic carbocycles. The molecular formula is C25H27NO8. The van der Waals surface area contributed by atoms with E-state index < -0.39 is 23.7 Å². The number of ether oxygens (including phenoxy) is 4. The van der Waals surface area contributed by atoms with Crippen molar-refractivity contribution in [2.24, 2.45) is 0 Å². The number of carbonyl (C=O) groups excluding carboxylic acids is 3. The molecule has 9 heteroatoms. The quantitative estimate of drug-likeness (QED) is 0.149. The van der Waals surface area contributed by atoms with E-state index in [-0.39, 0.29) is 29.2 Å². The van der Waals surface area contributed by atoms with Gasteiger partial charge in [0.1, 0.15) is 23.0 Å². The minimum absolute atomic E-state index is 0.0638. The maximum absolute atomic E-state index is 13.1. The van der Waals surface area contributed by atoms with Gasteiger partial charge in [-0.25, -0.2) is 0 Å². The Bertz CT molecular complexity index is 1110. The average molecular weight is 469 g/mol. The van der Waals surface area contributed by atoms with Crippen molar-refractivity contribution in [3.05, 3.63) is 59.2 Å². The molecule has 2 aromatic rings. The first-order chi connectivity index (χ1) is 16.3. The first kappa shape index (κ1) is 24.8. The second-order valence-corrected chi connectivity index (χ2v) is 7.57. The fraction of sp³-hybridized carbons (Fsp3) is 0.320. The molecule has 0 spiro atoms. The number of likely N-dealkylation sites (tertiary alicyclic amines) is 1. The minimum atomic E-state index is -0.852. The van der Waals surface area contributed by atoms with Crippen molar-refractivity contribution < 1.29 is 38.4 Å². The topological polar surface area (TPSA) is 112 Å². The maximum atomic E-state index is 13.1. The van der Waals surface area contributed by atoms with Crippen LogP contribution in [0, 0.1) is 0 Å². The van der Waals surface area contributed by atoms with Gasteiger partial charge in [-0.15, -0.1) is 0 Å². The van der Waals surface area contributed by atoms with Gasteiger partial charge in [0.25, 0.3) is 11.7 Å². The molecule has 1 amide bonds. The molecule has 1 heterocycles. The number of nitrogens with zero attached hydrogens (tertiary/aromatic N) is 1. The Morgan fingerprint density at radius 2 is 1.68 bits per heavy atom. The van der Waals surface area contributed by atoms with E-state index in [1.165, 1.54) is 26.0 Å². The molecular weight excluding hydrogens is 442 g/mol. The average Bonchev–Trinajstić information content (AvgIpc) is 3.08. The lowest BCUT2D eigenvalue weighted by molar-refractivity contribution is -0.140. The van der Waals surface area contributed by atoms with Crippen molar-refractivity contribution in [2.75, 3.05) is 34.5 Å². The first-order valence-corrected chi connectivity index (χ1v) is 10.6. The Kier molecular flexibility index (Phi) is 7.91. The molecule has 1 aliphatic rings. The second-order valence-electron chi connectivity index (χ2n) is 7.57. The molecule has 0 saturated carbocycles. The zero-order valence-electron chi connectivity index (χ0n) is 19.5. The molecule has 1 N–H and O–H groups in total. The summed E-state index contributed by atoms with van der Waals surface area (Å²) < 4.78 is 20.8. The van der Waals surface area contributed by atoms with Gasteiger partial charge >= 0.3 is 5.97 Å². The number of amides is 1. The summed E-state index contributed by atoms with van der Waals surface area (Å²) in [5.74, 6) is -1.24. The van der Waals surface area contributed by atoms with Crippen LogP contribution in [-0.2, 0) is 19.1 Å². The largest absolute Gasteiger partial charge is 0.507 e. The predicted octanol–water partition coefficient (Wildman–Crippen LogP) is 3.09. The van der Waals surface area contributed by atoms with E-state index in [0.29, 0.717) is 30.1 Å². The van der Waals surface area contributed by atoms with E-state index in [4.69, 9.17) is 18.9 Å². The van der Waals surface area contributed by atoms with Crippen LogP contribution in [0.25, 0.3) is 5.76 Å². The molecule has 2 aromatic carbocycles. The Labute approximate surface area is 197 Å². The van der Waals surface area contributed by atoms with Crippen LogP contribution >= 0.6 is 0 Å². The zero-order valence-corrected chi connectivity index (χ0v) is 19.5. The van der Waals surface area contributed by atoms with E-state index in [1.54, 1.807) is 49.6 Å². The number of ketones is 1. The van der Waals surface area contributed by atoms with Crippen LogP contribution in [0.4, 0.5) is 0 Å². The van der Waals surface area contributed by atoms with Crippen molar-refractivity contribution in [1.29, 1.82) is 0 Å². The number of methoxy groups -OCH3 is 3. The van der Waals surface area contributed by atoms with E-state index in [0.717, 1.165) is 0 Å². The SMILES string of the molecule is COCCCN1C(=O)C(=O)/C(=C(\O)c2ccc(OC)cc2OC)C1c1ccc(OC(C)=O)cc1. The molecule has 0 bridgehead atoms. The monoisotopic (exact) mass is 469 g/mol. The van der Waals surface area contributed by atoms with E-state index in [2.05, 4.69) is 0 Å². The standard InChI is InChI=1S/C25H27NO8/c1-15(27)34-17-8-6-16(7-9-17)22-21(24(29)25(30)26(22)12-5-13-31-2)23(28)19-11-10-18(32-3)14-20(19)33-4/h6-11,14,22,28H,5,12-13H2,1-4H3/b23-21-. The number of aliphatic hydroxyl groups is 1. The van der Waals surface area contributed by atoms with Crippen molar-refractivity contribution in [3.8, 4) is 17.2 Å². The highest BCUT2D eigenvalue weighted by Gasteiger charge is 2.46. The van der Waals surface area contributed by atoms with Gasteiger partial charge in [0, 0.05) is 33.3 Å². The van der Waals surface area contributed by atoms with Crippen LogP contribution in [0.15, 0.2) is 48.0 Å². The summed E-state index contributed by atoms with van der Waals surface area (Å²) in [7, 11) is 4.48. The molecule has 1 atom stereocenters. The summed E-state index contributed by atoms with van der Waals surface area (Å²) in [4.78, 5) is 38.7. The lowest BCUT2D eigenvalue weighted by Gasteiger charge is -2.25. The van der Waals surface area contributed by atoms with Gasteiger partial charge in [-0.3, -0.25) is 14.4 Å². The predicted molar refractivity (Wildman–Crippen MR) is 123 cm³/mol. The third kappa shape index (κ3) is 5.04. The fourth-order valence-electron chi connectivity index (χ4n) is 3.86. The number of carbonyl (C=O) groups is 3. The van der Waals surface area contributed by atoms with Gasteiger partial charge in [0.05, 0.1) is 31.4 Å². The smallest absolute Gasteiger partial charge is 0.308 e. The van der Waals surface area contributed by atoms with Crippen molar-refractivity contribution in [2.45, 2.75) is 19.4 Å². The Hall–Kier alpha value is -3.85. The van der Waals surface area contributed by atoms with Crippen LogP contribution < -0.4 is 14.2 Å². The van der Waals surface area contributed by atoms with E-state index in [9.17, 15) is 19.5 Å². The van der Waals surface area contributed by atoms with Gasteiger partial charge in [0.15, 0.2) is 0 Å². The van der Waals surface area contributed by atoms with E-state index in [1.807, 2.05) is 0 Å². The minimum Gasteiger partial charge on any atom is -0.507 e. The molecule has 180 valence electrons. The normalized spacial score (nSPS) is 17.1.